The van der Waals surface area contributed by atoms with E-state index in [4.69, 9.17) is 4.98 Å². The first kappa shape index (κ1) is 18.1. The fourth-order valence-electron chi connectivity index (χ4n) is 3.03. The molecule has 1 heterocycles. The molecular formula is C24H16BrNO2. The molecule has 0 saturated heterocycles. The maximum Gasteiger partial charge on any atom is 0.335 e. The van der Waals surface area contributed by atoms with Gasteiger partial charge in [-0.3, -0.25) is 0 Å². The summed E-state index contributed by atoms with van der Waals surface area (Å²) in [6.45, 7) is 0. The number of carboxylic acids is 1. The third-order valence-corrected chi connectivity index (χ3v) is 5.03. The number of aromatic carboxylic acids is 1. The normalized spacial score (nSPS) is 10.6. The number of carbonyl (C=O) groups is 1. The van der Waals surface area contributed by atoms with E-state index in [1.807, 2.05) is 66.7 Å². The van der Waals surface area contributed by atoms with Crippen molar-refractivity contribution in [3.8, 4) is 33.6 Å². The van der Waals surface area contributed by atoms with Gasteiger partial charge in [0, 0.05) is 15.6 Å². The summed E-state index contributed by atoms with van der Waals surface area (Å²) in [5, 5.41) is 9.53. The molecule has 3 aromatic carbocycles. The van der Waals surface area contributed by atoms with Crippen LogP contribution in [-0.4, -0.2) is 16.1 Å². The largest absolute Gasteiger partial charge is 0.478 e. The Morgan fingerprint density at radius 1 is 0.679 bits per heavy atom. The van der Waals surface area contributed by atoms with Gasteiger partial charge in [-0.1, -0.05) is 82.7 Å². The third kappa shape index (κ3) is 3.87. The van der Waals surface area contributed by atoms with Gasteiger partial charge < -0.3 is 5.11 Å². The van der Waals surface area contributed by atoms with Crippen molar-refractivity contribution in [3.05, 3.63) is 101 Å². The Labute approximate surface area is 171 Å². The minimum Gasteiger partial charge on any atom is -0.478 e. The lowest BCUT2D eigenvalue weighted by molar-refractivity contribution is 0.0697. The Bertz CT molecular complexity index is 1120. The van der Waals surface area contributed by atoms with Gasteiger partial charge in [-0.05, 0) is 35.4 Å². The molecule has 4 aromatic rings. The average Bonchev–Trinajstić information content (AvgIpc) is 2.74. The topological polar surface area (TPSA) is 50.2 Å². The fraction of sp³-hybridized carbons (Fsp3) is 0. The smallest absolute Gasteiger partial charge is 0.335 e. The highest BCUT2D eigenvalue weighted by Crippen LogP contribution is 2.28. The molecule has 0 saturated carbocycles. The van der Waals surface area contributed by atoms with Crippen LogP contribution in [0.15, 0.2) is 95.5 Å². The van der Waals surface area contributed by atoms with Gasteiger partial charge in [-0.15, -0.1) is 0 Å². The SMILES string of the molecule is O=C(O)c1cc(-c2ccc(Br)cc2)nc(-c2ccc(-c3ccccc3)cc2)c1. The summed E-state index contributed by atoms with van der Waals surface area (Å²) in [7, 11) is 0. The van der Waals surface area contributed by atoms with Crippen molar-refractivity contribution in [2.75, 3.05) is 0 Å². The molecule has 0 radical (unpaired) electrons. The predicted octanol–water partition coefficient (Wildman–Crippen LogP) is 6.54. The van der Waals surface area contributed by atoms with Crippen LogP contribution < -0.4 is 0 Å². The Morgan fingerprint density at radius 2 is 1.14 bits per heavy atom. The van der Waals surface area contributed by atoms with Gasteiger partial charge in [-0.2, -0.15) is 0 Å². The van der Waals surface area contributed by atoms with E-state index in [0.29, 0.717) is 11.4 Å². The first-order valence-corrected chi connectivity index (χ1v) is 9.57. The summed E-state index contributed by atoms with van der Waals surface area (Å²) >= 11 is 3.42. The van der Waals surface area contributed by atoms with E-state index in [0.717, 1.165) is 26.7 Å². The van der Waals surface area contributed by atoms with Crippen molar-refractivity contribution >= 4 is 21.9 Å². The molecule has 0 aliphatic rings. The first-order chi connectivity index (χ1) is 13.6. The van der Waals surface area contributed by atoms with Gasteiger partial charge in [0.15, 0.2) is 0 Å². The van der Waals surface area contributed by atoms with Crippen LogP contribution >= 0.6 is 15.9 Å². The highest BCUT2D eigenvalue weighted by atomic mass is 79.9. The van der Waals surface area contributed by atoms with E-state index in [1.165, 1.54) is 0 Å². The van der Waals surface area contributed by atoms with Crippen molar-refractivity contribution in [1.82, 2.24) is 4.98 Å². The van der Waals surface area contributed by atoms with Crippen LogP contribution in [0.2, 0.25) is 0 Å². The first-order valence-electron chi connectivity index (χ1n) is 8.77. The number of pyridine rings is 1. The van der Waals surface area contributed by atoms with Gasteiger partial charge in [0.1, 0.15) is 0 Å². The highest BCUT2D eigenvalue weighted by Gasteiger charge is 2.12. The summed E-state index contributed by atoms with van der Waals surface area (Å²) in [6, 6.07) is 29.0. The van der Waals surface area contributed by atoms with Crippen LogP contribution in [0.4, 0.5) is 0 Å². The molecule has 0 bridgehead atoms. The second kappa shape index (κ2) is 7.79. The van der Waals surface area contributed by atoms with Crippen LogP contribution in [0.1, 0.15) is 10.4 Å². The molecule has 0 spiro atoms. The summed E-state index contributed by atoms with van der Waals surface area (Å²) in [6.07, 6.45) is 0. The monoisotopic (exact) mass is 429 g/mol. The van der Waals surface area contributed by atoms with Crippen LogP contribution in [0, 0.1) is 0 Å². The Kier molecular flexibility index (Phi) is 5.04. The van der Waals surface area contributed by atoms with E-state index in [-0.39, 0.29) is 5.56 Å². The van der Waals surface area contributed by atoms with Gasteiger partial charge in [-0.25, -0.2) is 9.78 Å². The van der Waals surface area contributed by atoms with Crippen LogP contribution in [0.5, 0.6) is 0 Å². The number of nitrogens with zero attached hydrogens (tertiary/aromatic N) is 1. The van der Waals surface area contributed by atoms with E-state index < -0.39 is 5.97 Å². The van der Waals surface area contributed by atoms with Gasteiger partial charge in [0.25, 0.3) is 0 Å². The zero-order valence-electron chi connectivity index (χ0n) is 14.8. The summed E-state index contributed by atoms with van der Waals surface area (Å²) in [5.41, 5.74) is 5.47. The third-order valence-electron chi connectivity index (χ3n) is 4.50. The lowest BCUT2D eigenvalue weighted by Gasteiger charge is -2.09. The number of benzene rings is 3. The Hall–Kier alpha value is -3.24. The standard InChI is InChI=1S/C24H16BrNO2/c25-21-12-10-19(11-13-21)23-15-20(24(27)28)14-22(26-23)18-8-6-17(7-9-18)16-4-2-1-3-5-16/h1-15H,(H,27,28). The molecule has 0 aliphatic carbocycles. The van der Waals surface area contributed by atoms with Crippen molar-refractivity contribution in [2.24, 2.45) is 0 Å². The number of hydrogen-bond acceptors (Lipinski definition) is 2. The minimum absolute atomic E-state index is 0.218. The summed E-state index contributed by atoms with van der Waals surface area (Å²) in [4.78, 5) is 16.3. The van der Waals surface area contributed by atoms with Crippen molar-refractivity contribution in [1.29, 1.82) is 0 Å². The molecule has 4 rings (SSSR count). The van der Waals surface area contributed by atoms with E-state index in [2.05, 4.69) is 28.1 Å². The van der Waals surface area contributed by atoms with Gasteiger partial charge in [0.05, 0.1) is 17.0 Å². The Morgan fingerprint density at radius 3 is 1.68 bits per heavy atom. The molecule has 136 valence electrons. The minimum atomic E-state index is -0.970. The second-order valence-electron chi connectivity index (χ2n) is 6.38. The highest BCUT2D eigenvalue weighted by molar-refractivity contribution is 9.10. The molecule has 1 N–H and O–H groups in total. The predicted molar refractivity (Wildman–Crippen MR) is 115 cm³/mol. The summed E-state index contributed by atoms with van der Waals surface area (Å²) < 4.78 is 0.961. The quantitative estimate of drug-likeness (QED) is 0.400. The van der Waals surface area contributed by atoms with Crippen LogP contribution in [0.25, 0.3) is 33.6 Å². The lowest BCUT2D eigenvalue weighted by atomic mass is 10.0. The molecule has 0 unspecified atom stereocenters. The molecule has 1 aromatic heterocycles. The van der Waals surface area contributed by atoms with Crippen LogP contribution in [0.3, 0.4) is 0 Å². The maximum absolute atomic E-state index is 11.6. The zero-order chi connectivity index (χ0) is 19.5. The van der Waals surface area contributed by atoms with Gasteiger partial charge in [0.2, 0.25) is 0 Å². The van der Waals surface area contributed by atoms with Gasteiger partial charge >= 0.3 is 5.97 Å². The number of hydrogen-bond donors (Lipinski definition) is 1. The van der Waals surface area contributed by atoms with E-state index in [9.17, 15) is 9.90 Å². The van der Waals surface area contributed by atoms with E-state index in [1.54, 1.807) is 12.1 Å². The number of carboxylic acid groups (broad SMARTS) is 1. The zero-order valence-corrected chi connectivity index (χ0v) is 16.4. The van der Waals surface area contributed by atoms with Crippen molar-refractivity contribution in [2.45, 2.75) is 0 Å². The molecule has 3 nitrogen and oxygen atoms in total. The number of rotatable bonds is 4. The van der Waals surface area contributed by atoms with Crippen molar-refractivity contribution in [3.63, 3.8) is 0 Å². The van der Waals surface area contributed by atoms with Crippen LogP contribution in [-0.2, 0) is 0 Å². The molecule has 0 amide bonds. The molecule has 0 fully saturated rings. The molecule has 28 heavy (non-hydrogen) atoms. The lowest BCUT2D eigenvalue weighted by Crippen LogP contribution is -2.00. The van der Waals surface area contributed by atoms with Crippen molar-refractivity contribution < 1.29 is 9.90 Å². The number of aromatic nitrogens is 1. The molecule has 0 aliphatic heterocycles. The van der Waals surface area contributed by atoms with E-state index >= 15 is 0 Å². The molecule has 0 atom stereocenters. The fourth-order valence-corrected chi connectivity index (χ4v) is 3.30. The maximum atomic E-state index is 11.6. The molecule has 4 heteroatoms. The Balaban J connectivity index is 1.76. The number of halogens is 1. The second-order valence-corrected chi connectivity index (χ2v) is 7.30. The molecular weight excluding hydrogens is 414 g/mol. The summed E-state index contributed by atoms with van der Waals surface area (Å²) in [5.74, 6) is -0.970. The average molecular weight is 430 g/mol.